The molecule has 1 heterocycles. The lowest BCUT2D eigenvalue weighted by Gasteiger charge is -2.06. The van der Waals surface area contributed by atoms with Crippen LogP contribution in [0.3, 0.4) is 0 Å². The molecule has 0 spiro atoms. The van der Waals surface area contributed by atoms with Crippen LogP contribution in [-0.2, 0) is 16.1 Å². The summed E-state index contributed by atoms with van der Waals surface area (Å²) in [6.45, 7) is 2.31. The second-order valence-corrected chi connectivity index (χ2v) is 5.15. The van der Waals surface area contributed by atoms with Gasteiger partial charge in [0.2, 0.25) is 5.89 Å². The maximum absolute atomic E-state index is 11.7. The second-order valence-electron chi connectivity index (χ2n) is 5.15. The van der Waals surface area contributed by atoms with Gasteiger partial charge >= 0.3 is 5.97 Å². The number of carbonyl (C=O) groups excluding carboxylic acids is 1. The molecule has 3 rings (SSSR count). The highest BCUT2D eigenvalue weighted by Crippen LogP contribution is 2.15. The van der Waals surface area contributed by atoms with E-state index >= 15 is 0 Å². The zero-order chi connectivity index (χ0) is 16.1. The number of hydrogen-bond donors (Lipinski definition) is 0. The molecule has 0 unspecified atom stereocenters. The van der Waals surface area contributed by atoms with Gasteiger partial charge in [-0.15, -0.1) is 0 Å². The Morgan fingerprint density at radius 1 is 1.13 bits per heavy atom. The summed E-state index contributed by atoms with van der Waals surface area (Å²) in [6.07, 6.45) is 0.175. The van der Waals surface area contributed by atoms with Crippen LogP contribution in [0.25, 0.3) is 11.1 Å². The maximum atomic E-state index is 11.7. The third-order valence-electron chi connectivity index (χ3n) is 3.29. The topological polar surface area (TPSA) is 61.6 Å². The molecule has 0 amide bonds. The molecule has 0 saturated heterocycles. The number of rotatable bonds is 6. The number of nitrogens with zero attached hydrogens (tertiary/aromatic N) is 1. The molecule has 3 aromatic rings. The van der Waals surface area contributed by atoms with Crippen LogP contribution in [0.15, 0.2) is 52.9 Å². The van der Waals surface area contributed by atoms with Crippen LogP contribution in [0.1, 0.15) is 17.9 Å². The Balaban J connectivity index is 1.43. The van der Waals surface area contributed by atoms with Gasteiger partial charge in [-0.1, -0.05) is 29.8 Å². The van der Waals surface area contributed by atoms with Crippen LogP contribution in [0, 0.1) is 6.92 Å². The van der Waals surface area contributed by atoms with E-state index in [-0.39, 0.29) is 25.6 Å². The van der Waals surface area contributed by atoms with Gasteiger partial charge < -0.3 is 13.9 Å². The van der Waals surface area contributed by atoms with Crippen LogP contribution in [0.5, 0.6) is 5.75 Å². The maximum Gasteiger partial charge on any atom is 0.309 e. The van der Waals surface area contributed by atoms with E-state index in [0.717, 1.165) is 16.8 Å². The number of benzene rings is 2. The lowest BCUT2D eigenvalue weighted by molar-refractivity contribution is -0.146. The van der Waals surface area contributed by atoms with E-state index in [2.05, 4.69) is 4.98 Å². The van der Waals surface area contributed by atoms with Crippen LogP contribution in [-0.4, -0.2) is 17.6 Å². The van der Waals surface area contributed by atoms with Crippen molar-refractivity contribution in [2.45, 2.75) is 20.0 Å². The van der Waals surface area contributed by atoms with Gasteiger partial charge in [-0.2, -0.15) is 0 Å². The summed E-state index contributed by atoms with van der Waals surface area (Å²) in [5, 5.41) is 0. The standard InChI is InChI=1S/C18H17NO4/c1-13-6-8-14(9-7-13)21-11-10-18(20)22-12-17-19-15-4-2-3-5-16(15)23-17/h2-9H,10-12H2,1H3. The van der Waals surface area contributed by atoms with Crippen molar-refractivity contribution < 1.29 is 18.7 Å². The number of aromatic nitrogens is 1. The second kappa shape index (κ2) is 6.96. The Bertz CT molecular complexity index is 759. The van der Waals surface area contributed by atoms with Crippen molar-refractivity contribution in [3.63, 3.8) is 0 Å². The molecule has 23 heavy (non-hydrogen) atoms. The number of para-hydroxylation sites is 2. The molecule has 0 radical (unpaired) electrons. The molecule has 0 N–H and O–H groups in total. The summed E-state index contributed by atoms with van der Waals surface area (Å²) in [5.41, 5.74) is 2.60. The minimum atomic E-state index is -0.348. The van der Waals surface area contributed by atoms with Crippen molar-refractivity contribution in [3.05, 3.63) is 60.0 Å². The first kappa shape index (κ1) is 15.1. The number of ether oxygens (including phenoxy) is 2. The largest absolute Gasteiger partial charge is 0.493 e. The van der Waals surface area contributed by atoms with Gasteiger partial charge in [0, 0.05) is 0 Å². The van der Waals surface area contributed by atoms with Gasteiger partial charge in [0.05, 0.1) is 13.0 Å². The van der Waals surface area contributed by atoms with E-state index in [0.29, 0.717) is 11.5 Å². The van der Waals surface area contributed by atoms with Gasteiger partial charge in [0.15, 0.2) is 12.2 Å². The molecule has 118 valence electrons. The Labute approximate surface area is 133 Å². The van der Waals surface area contributed by atoms with Gasteiger partial charge in [-0.25, -0.2) is 4.98 Å². The Hall–Kier alpha value is -2.82. The van der Waals surface area contributed by atoms with Crippen LogP contribution >= 0.6 is 0 Å². The lowest BCUT2D eigenvalue weighted by atomic mass is 10.2. The summed E-state index contributed by atoms with van der Waals surface area (Å²) < 4.78 is 16.1. The normalized spacial score (nSPS) is 10.7. The molecule has 0 fully saturated rings. The van der Waals surface area contributed by atoms with Gasteiger partial charge in [0.25, 0.3) is 0 Å². The van der Waals surface area contributed by atoms with Crippen LogP contribution in [0.4, 0.5) is 0 Å². The number of oxazole rings is 1. The number of hydrogen-bond acceptors (Lipinski definition) is 5. The predicted molar refractivity (Wildman–Crippen MR) is 85.1 cm³/mol. The first-order valence-electron chi connectivity index (χ1n) is 7.40. The zero-order valence-corrected chi connectivity index (χ0v) is 12.8. The van der Waals surface area contributed by atoms with Gasteiger partial charge in [0.1, 0.15) is 11.3 Å². The first-order valence-corrected chi connectivity index (χ1v) is 7.40. The van der Waals surface area contributed by atoms with E-state index in [4.69, 9.17) is 13.9 Å². The number of carbonyl (C=O) groups is 1. The van der Waals surface area contributed by atoms with Crippen molar-refractivity contribution in [1.29, 1.82) is 0 Å². The Morgan fingerprint density at radius 2 is 1.91 bits per heavy atom. The number of fused-ring (bicyclic) bond motifs is 1. The molecule has 2 aromatic carbocycles. The molecule has 0 atom stereocenters. The molecular weight excluding hydrogens is 294 g/mol. The molecular formula is C18H17NO4. The summed E-state index contributed by atoms with van der Waals surface area (Å²) in [6, 6.07) is 15.1. The van der Waals surface area contributed by atoms with Crippen molar-refractivity contribution >= 4 is 17.1 Å². The third kappa shape index (κ3) is 4.10. The highest BCUT2D eigenvalue weighted by atomic mass is 16.5. The van der Waals surface area contributed by atoms with Crippen LogP contribution < -0.4 is 4.74 Å². The summed E-state index contributed by atoms with van der Waals surface area (Å²) in [4.78, 5) is 15.9. The zero-order valence-electron chi connectivity index (χ0n) is 12.8. The minimum Gasteiger partial charge on any atom is -0.493 e. The van der Waals surface area contributed by atoms with Crippen molar-refractivity contribution in [3.8, 4) is 5.75 Å². The Kier molecular flexibility index (Phi) is 4.57. The molecule has 0 aliphatic rings. The molecule has 0 saturated carbocycles. The van der Waals surface area contributed by atoms with Crippen molar-refractivity contribution in [2.75, 3.05) is 6.61 Å². The quantitative estimate of drug-likeness (QED) is 0.650. The van der Waals surface area contributed by atoms with E-state index in [9.17, 15) is 4.79 Å². The smallest absolute Gasteiger partial charge is 0.309 e. The third-order valence-corrected chi connectivity index (χ3v) is 3.29. The summed E-state index contributed by atoms with van der Waals surface area (Å²) in [5.74, 6) is 0.778. The van der Waals surface area contributed by atoms with Crippen LogP contribution in [0.2, 0.25) is 0 Å². The van der Waals surface area contributed by atoms with Gasteiger partial charge in [-0.3, -0.25) is 4.79 Å². The van der Waals surface area contributed by atoms with Gasteiger partial charge in [-0.05, 0) is 31.2 Å². The Morgan fingerprint density at radius 3 is 2.70 bits per heavy atom. The average molecular weight is 311 g/mol. The average Bonchev–Trinajstić information content (AvgIpc) is 2.98. The minimum absolute atomic E-state index is 0.0258. The molecule has 0 aliphatic carbocycles. The van der Waals surface area contributed by atoms with E-state index < -0.39 is 0 Å². The number of aryl methyl sites for hydroxylation is 1. The molecule has 1 aromatic heterocycles. The van der Waals surface area contributed by atoms with Crippen molar-refractivity contribution in [2.24, 2.45) is 0 Å². The fraction of sp³-hybridized carbons (Fsp3) is 0.222. The monoisotopic (exact) mass is 311 g/mol. The lowest BCUT2D eigenvalue weighted by Crippen LogP contribution is -2.10. The molecule has 5 heteroatoms. The predicted octanol–water partition coefficient (Wildman–Crippen LogP) is 3.65. The molecule has 5 nitrogen and oxygen atoms in total. The SMILES string of the molecule is Cc1ccc(OCCC(=O)OCc2nc3ccccc3o2)cc1. The van der Waals surface area contributed by atoms with E-state index in [1.807, 2.05) is 55.5 Å². The molecule has 0 bridgehead atoms. The van der Waals surface area contributed by atoms with E-state index in [1.165, 1.54) is 0 Å². The highest BCUT2D eigenvalue weighted by Gasteiger charge is 2.09. The number of esters is 1. The van der Waals surface area contributed by atoms with E-state index in [1.54, 1.807) is 0 Å². The van der Waals surface area contributed by atoms with Crippen molar-refractivity contribution in [1.82, 2.24) is 4.98 Å². The molecule has 0 aliphatic heterocycles. The fourth-order valence-corrected chi connectivity index (χ4v) is 2.08. The summed E-state index contributed by atoms with van der Waals surface area (Å²) >= 11 is 0. The highest BCUT2D eigenvalue weighted by molar-refractivity contribution is 5.72. The summed E-state index contributed by atoms with van der Waals surface area (Å²) in [7, 11) is 0. The fourth-order valence-electron chi connectivity index (χ4n) is 2.08. The first-order chi connectivity index (χ1) is 11.2.